The highest BCUT2D eigenvalue weighted by Gasteiger charge is 2.36. The summed E-state index contributed by atoms with van der Waals surface area (Å²) in [6.45, 7) is 5.14. The zero-order chi connectivity index (χ0) is 32.4. The zero-order valence-electron chi connectivity index (χ0n) is 24.5. The SMILES string of the molecule is CC(C)(O)Cn1cc(-c2nc(Nc3ccc(S(=O)(=O)NCCOCCOCCOCCN)cc3F)ncc2C(F)(F)F)cn1.Cl. The van der Waals surface area contributed by atoms with Crippen LogP contribution >= 0.6 is 12.4 Å². The first-order valence-corrected chi connectivity index (χ1v) is 14.9. The van der Waals surface area contributed by atoms with Crippen LogP contribution in [0.15, 0.2) is 41.7 Å². The molecule has 2 aromatic heterocycles. The van der Waals surface area contributed by atoms with Gasteiger partial charge >= 0.3 is 6.18 Å². The summed E-state index contributed by atoms with van der Waals surface area (Å²) in [5, 5.41) is 16.5. The van der Waals surface area contributed by atoms with Crippen LogP contribution in [0, 0.1) is 5.82 Å². The van der Waals surface area contributed by atoms with E-state index in [0.29, 0.717) is 32.6 Å². The number of ether oxygens (including phenoxy) is 3. The average Bonchev–Trinajstić information content (AvgIpc) is 3.39. The van der Waals surface area contributed by atoms with Crippen molar-refractivity contribution in [3.8, 4) is 11.3 Å². The minimum atomic E-state index is -4.81. The fraction of sp³-hybridized carbons (Fsp3) is 0.500. The van der Waals surface area contributed by atoms with Gasteiger partial charge in [0.05, 0.1) is 74.3 Å². The van der Waals surface area contributed by atoms with E-state index < -0.39 is 38.9 Å². The highest BCUT2D eigenvalue weighted by atomic mass is 35.5. The predicted molar refractivity (Wildman–Crippen MR) is 158 cm³/mol. The quantitative estimate of drug-likeness (QED) is 0.114. The minimum absolute atomic E-state index is 0. The van der Waals surface area contributed by atoms with Crippen LogP contribution in [0.5, 0.6) is 0 Å². The number of halogens is 5. The van der Waals surface area contributed by atoms with E-state index in [-0.39, 0.29) is 67.4 Å². The number of aliphatic hydroxyl groups is 1. The largest absolute Gasteiger partial charge is 0.419 e. The van der Waals surface area contributed by atoms with E-state index in [0.717, 1.165) is 24.4 Å². The number of anilines is 2. The van der Waals surface area contributed by atoms with Crippen LogP contribution in [0.2, 0.25) is 0 Å². The summed E-state index contributed by atoms with van der Waals surface area (Å²) in [6, 6.07) is 2.95. The summed E-state index contributed by atoms with van der Waals surface area (Å²) < 4.78 is 100. The monoisotopic (exact) mass is 685 g/mol. The molecule has 19 heteroatoms. The van der Waals surface area contributed by atoms with Crippen LogP contribution in [0.25, 0.3) is 11.3 Å². The van der Waals surface area contributed by atoms with Crippen molar-refractivity contribution in [3.05, 3.63) is 48.2 Å². The van der Waals surface area contributed by atoms with Gasteiger partial charge in [-0.3, -0.25) is 4.68 Å². The van der Waals surface area contributed by atoms with E-state index in [1.807, 2.05) is 0 Å². The van der Waals surface area contributed by atoms with Crippen LogP contribution in [-0.4, -0.2) is 91.6 Å². The molecule has 252 valence electrons. The standard InChI is InChI=1S/C26H35F4N7O6S.ClH/c1-25(2,38)17-37-16-18(14-33-37)23-20(26(28,29)30)15-32-24(36-23)35-22-4-3-19(13-21(22)27)44(39,40)34-6-8-42-10-12-43-11-9-41-7-5-31;/h3-4,13-16,34,38H,5-12,17,31H2,1-2H3,(H,32,35,36);1H. The van der Waals surface area contributed by atoms with E-state index >= 15 is 0 Å². The molecule has 45 heavy (non-hydrogen) atoms. The van der Waals surface area contributed by atoms with Gasteiger partial charge in [-0.15, -0.1) is 12.4 Å². The molecule has 0 aliphatic heterocycles. The van der Waals surface area contributed by atoms with Gasteiger partial charge in [-0.2, -0.15) is 18.3 Å². The second-order valence-corrected chi connectivity index (χ2v) is 11.7. The normalized spacial score (nSPS) is 12.3. The number of rotatable bonds is 18. The summed E-state index contributed by atoms with van der Waals surface area (Å²) in [5.74, 6) is -1.39. The van der Waals surface area contributed by atoms with Gasteiger partial charge in [-0.25, -0.2) is 27.5 Å². The summed E-state index contributed by atoms with van der Waals surface area (Å²) in [6.07, 6.45) is -1.82. The number of aromatic nitrogens is 4. The second kappa shape index (κ2) is 17.1. The van der Waals surface area contributed by atoms with Crippen LogP contribution in [-0.2, 0) is 37.0 Å². The second-order valence-electron chi connectivity index (χ2n) is 9.98. The maximum absolute atomic E-state index is 14.9. The molecular formula is C26H36ClF4N7O6S. The molecule has 5 N–H and O–H groups in total. The van der Waals surface area contributed by atoms with E-state index in [9.17, 15) is 31.1 Å². The lowest BCUT2D eigenvalue weighted by Gasteiger charge is -2.16. The third kappa shape index (κ3) is 12.4. The molecule has 0 unspecified atom stereocenters. The molecule has 3 rings (SSSR count). The molecule has 0 saturated heterocycles. The molecule has 0 bridgehead atoms. The summed E-state index contributed by atoms with van der Waals surface area (Å²) in [4.78, 5) is 7.21. The minimum Gasteiger partial charge on any atom is -0.389 e. The Morgan fingerprint density at radius 2 is 1.67 bits per heavy atom. The third-order valence-electron chi connectivity index (χ3n) is 5.59. The van der Waals surface area contributed by atoms with Gasteiger partial charge < -0.3 is 30.4 Å². The maximum atomic E-state index is 14.9. The third-order valence-corrected chi connectivity index (χ3v) is 7.05. The van der Waals surface area contributed by atoms with Gasteiger partial charge in [0.1, 0.15) is 11.4 Å². The topological polar surface area (TPSA) is 176 Å². The van der Waals surface area contributed by atoms with Crippen LogP contribution in [0.3, 0.4) is 0 Å². The van der Waals surface area contributed by atoms with Crippen molar-refractivity contribution in [3.63, 3.8) is 0 Å². The molecule has 1 aromatic carbocycles. The molecular weight excluding hydrogens is 650 g/mol. The molecule has 0 spiro atoms. The fourth-order valence-corrected chi connectivity index (χ4v) is 4.70. The molecule has 0 radical (unpaired) electrons. The van der Waals surface area contributed by atoms with Crippen molar-refractivity contribution in [2.24, 2.45) is 5.73 Å². The number of hydrogen-bond donors (Lipinski definition) is 4. The van der Waals surface area contributed by atoms with Gasteiger partial charge in [0, 0.05) is 31.0 Å². The Balaban J connectivity index is 0.00000705. The molecule has 0 aliphatic carbocycles. The summed E-state index contributed by atoms with van der Waals surface area (Å²) >= 11 is 0. The average molecular weight is 686 g/mol. The lowest BCUT2D eigenvalue weighted by Crippen LogP contribution is -2.28. The number of nitrogens with zero attached hydrogens (tertiary/aromatic N) is 4. The molecule has 3 aromatic rings. The van der Waals surface area contributed by atoms with E-state index in [4.69, 9.17) is 19.9 Å². The number of hydrogen-bond acceptors (Lipinski definition) is 11. The number of nitrogens with one attached hydrogen (secondary N) is 2. The Morgan fingerprint density at radius 3 is 2.27 bits per heavy atom. The predicted octanol–water partition coefficient (Wildman–Crippen LogP) is 2.72. The molecule has 2 heterocycles. The molecule has 0 fully saturated rings. The Bertz CT molecular complexity index is 1470. The molecule has 0 amide bonds. The van der Waals surface area contributed by atoms with Crippen LogP contribution in [0.1, 0.15) is 19.4 Å². The van der Waals surface area contributed by atoms with Gasteiger partial charge in [0.15, 0.2) is 0 Å². The van der Waals surface area contributed by atoms with E-state index in [2.05, 4.69) is 25.1 Å². The van der Waals surface area contributed by atoms with Crippen LogP contribution < -0.4 is 15.8 Å². The van der Waals surface area contributed by atoms with Crippen LogP contribution in [0.4, 0.5) is 29.2 Å². The first kappa shape index (κ1) is 38.2. The molecule has 0 atom stereocenters. The van der Waals surface area contributed by atoms with Crippen molar-refractivity contribution in [1.82, 2.24) is 24.5 Å². The smallest absolute Gasteiger partial charge is 0.389 e. The fourth-order valence-electron chi connectivity index (χ4n) is 3.68. The van der Waals surface area contributed by atoms with E-state index in [1.165, 1.54) is 24.7 Å². The molecule has 0 saturated carbocycles. The van der Waals surface area contributed by atoms with E-state index in [1.54, 1.807) is 0 Å². The van der Waals surface area contributed by atoms with Crippen molar-refractivity contribution < 1.29 is 45.3 Å². The Labute approximate surface area is 263 Å². The Hall–Kier alpha value is -2.97. The summed E-state index contributed by atoms with van der Waals surface area (Å²) in [7, 11) is -4.10. The highest BCUT2D eigenvalue weighted by molar-refractivity contribution is 7.89. The van der Waals surface area contributed by atoms with Gasteiger partial charge in [-0.1, -0.05) is 0 Å². The summed E-state index contributed by atoms with van der Waals surface area (Å²) in [5.41, 5.74) is 2.17. The van der Waals surface area contributed by atoms with Gasteiger partial charge in [0.2, 0.25) is 16.0 Å². The first-order valence-electron chi connectivity index (χ1n) is 13.4. The Kier molecular flexibility index (Phi) is 14.5. The molecule has 13 nitrogen and oxygen atoms in total. The van der Waals surface area contributed by atoms with Crippen molar-refractivity contribution in [2.75, 3.05) is 58.0 Å². The van der Waals surface area contributed by atoms with Crippen molar-refractivity contribution >= 4 is 34.1 Å². The van der Waals surface area contributed by atoms with Crippen molar-refractivity contribution in [1.29, 1.82) is 0 Å². The lowest BCUT2D eigenvalue weighted by molar-refractivity contribution is -0.137. The highest BCUT2D eigenvalue weighted by Crippen LogP contribution is 2.36. The number of alkyl halides is 3. The first-order chi connectivity index (χ1) is 20.7. The Morgan fingerprint density at radius 1 is 1.02 bits per heavy atom. The number of benzene rings is 1. The van der Waals surface area contributed by atoms with Gasteiger partial charge in [0.25, 0.3) is 0 Å². The number of nitrogens with two attached hydrogens (primary N) is 1. The van der Waals surface area contributed by atoms with Crippen molar-refractivity contribution in [2.45, 2.75) is 37.1 Å². The lowest BCUT2D eigenvalue weighted by atomic mass is 10.1. The zero-order valence-corrected chi connectivity index (χ0v) is 26.1. The van der Waals surface area contributed by atoms with Gasteiger partial charge in [-0.05, 0) is 32.0 Å². The number of sulfonamides is 1. The molecule has 0 aliphatic rings. The maximum Gasteiger partial charge on any atom is 0.419 e.